The van der Waals surface area contributed by atoms with Gasteiger partial charge in [0, 0.05) is 0 Å². The van der Waals surface area contributed by atoms with E-state index in [0.717, 1.165) is 23.7 Å². The van der Waals surface area contributed by atoms with Crippen molar-refractivity contribution in [3.8, 4) is 0 Å². The van der Waals surface area contributed by atoms with E-state index >= 15 is 0 Å². The lowest BCUT2D eigenvalue weighted by molar-refractivity contribution is -0.0137. The zero-order valence-electron chi connectivity index (χ0n) is 16.8. The minimum absolute atomic E-state index is 0.395. The fraction of sp³-hybridized carbons (Fsp3) is 0.615. The van der Waals surface area contributed by atoms with Crippen LogP contribution in [0.2, 0.25) is 0 Å². The SMILES string of the molecule is C[C@H]1CC[C@@]2(C)C(=CC[C@@H]3[C@@H]2CC[C@]2(C)C(c4ccccc4)=CC[C@@H]32)C1. The summed E-state index contributed by atoms with van der Waals surface area (Å²) >= 11 is 0. The van der Waals surface area contributed by atoms with E-state index in [9.17, 15) is 0 Å². The molecule has 0 N–H and O–H groups in total. The first-order valence-corrected chi connectivity index (χ1v) is 11.0. The Labute approximate surface area is 159 Å². The van der Waals surface area contributed by atoms with Gasteiger partial charge in [0.25, 0.3) is 0 Å². The minimum atomic E-state index is 0.395. The van der Waals surface area contributed by atoms with Crippen molar-refractivity contribution < 1.29 is 0 Å². The Balaban J connectivity index is 1.48. The van der Waals surface area contributed by atoms with Crippen LogP contribution in [0.5, 0.6) is 0 Å². The van der Waals surface area contributed by atoms with Gasteiger partial charge in [-0.25, -0.2) is 0 Å². The van der Waals surface area contributed by atoms with Gasteiger partial charge < -0.3 is 0 Å². The second kappa shape index (κ2) is 5.85. The molecule has 0 nitrogen and oxygen atoms in total. The Hall–Kier alpha value is -1.30. The van der Waals surface area contributed by atoms with Crippen molar-refractivity contribution in [2.45, 2.75) is 65.7 Å². The molecule has 0 amide bonds. The van der Waals surface area contributed by atoms with Crippen molar-refractivity contribution in [1.29, 1.82) is 0 Å². The molecule has 2 saturated carbocycles. The van der Waals surface area contributed by atoms with Gasteiger partial charge in [-0.15, -0.1) is 0 Å². The maximum Gasteiger partial charge on any atom is -0.00383 e. The van der Waals surface area contributed by atoms with Crippen molar-refractivity contribution in [3.05, 3.63) is 53.6 Å². The standard InChI is InChI=1S/C26H34/c1-18-13-15-25(2)20(17-18)9-10-21-23-12-11-22(19-7-5-4-6-8-19)26(23,3)16-14-24(21)25/h4-9,11,18,21,23-24H,10,12-17H2,1-3H3/t18-,21-,23-,24-,25-,26+/m0/s1. The van der Waals surface area contributed by atoms with Crippen molar-refractivity contribution in [2.75, 3.05) is 0 Å². The lowest BCUT2D eigenvalue weighted by Crippen LogP contribution is -2.49. The second-order valence-corrected chi connectivity index (χ2v) is 10.3. The first-order chi connectivity index (χ1) is 12.5. The number of hydrogen-bond acceptors (Lipinski definition) is 0. The van der Waals surface area contributed by atoms with E-state index in [1.807, 2.05) is 5.57 Å². The molecule has 0 heteroatoms. The van der Waals surface area contributed by atoms with Crippen LogP contribution < -0.4 is 0 Å². The third kappa shape index (κ3) is 2.26. The number of benzene rings is 1. The summed E-state index contributed by atoms with van der Waals surface area (Å²) in [6.45, 7) is 7.67. The zero-order chi connectivity index (χ0) is 17.9. The summed E-state index contributed by atoms with van der Waals surface area (Å²) in [5.74, 6) is 3.58. The van der Waals surface area contributed by atoms with Crippen molar-refractivity contribution in [2.24, 2.45) is 34.5 Å². The van der Waals surface area contributed by atoms with Crippen LogP contribution in [0.3, 0.4) is 0 Å². The molecule has 6 atom stereocenters. The molecule has 0 radical (unpaired) electrons. The molecule has 4 aliphatic rings. The summed E-state index contributed by atoms with van der Waals surface area (Å²) in [6, 6.07) is 11.2. The number of allylic oxidation sites excluding steroid dienone is 4. The summed E-state index contributed by atoms with van der Waals surface area (Å²) in [5, 5.41) is 0. The average molecular weight is 347 g/mol. The lowest BCUT2D eigenvalue weighted by Gasteiger charge is -2.58. The van der Waals surface area contributed by atoms with Crippen molar-refractivity contribution >= 4 is 5.57 Å². The number of hydrogen-bond donors (Lipinski definition) is 0. The maximum absolute atomic E-state index is 2.70. The summed E-state index contributed by atoms with van der Waals surface area (Å²) in [7, 11) is 0. The summed E-state index contributed by atoms with van der Waals surface area (Å²) in [5.41, 5.74) is 5.85. The van der Waals surface area contributed by atoms with Crippen LogP contribution in [-0.4, -0.2) is 0 Å². The Morgan fingerprint density at radius 2 is 1.62 bits per heavy atom. The van der Waals surface area contributed by atoms with Gasteiger partial charge in [0.1, 0.15) is 0 Å². The minimum Gasteiger partial charge on any atom is -0.0845 e. The Bertz CT molecular complexity index is 754. The summed E-state index contributed by atoms with van der Waals surface area (Å²) < 4.78 is 0. The van der Waals surface area contributed by atoms with E-state index in [1.54, 1.807) is 5.57 Å². The van der Waals surface area contributed by atoms with Crippen molar-refractivity contribution in [3.63, 3.8) is 0 Å². The molecule has 5 rings (SSSR count). The molecule has 0 aliphatic heterocycles. The van der Waals surface area contributed by atoms with Gasteiger partial charge in [-0.2, -0.15) is 0 Å². The summed E-state index contributed by atoms with van der Waals surface area (Å²) in [4.78, 5) is 0. The molecule has 1 aromatic rings. The largest absolute Gasteiger partial charge is 0.0845 e. The molecule has 0 heterocycles. The third-order valence-electron chi connectivity index (χ3n) is 9.02. The Morgan fingerprint density at radius 1 is 0.846 bits per heavy atom. The fourth-order valence-corrected chi connectivity index (χ4v) is 7.48. The Morgan fingerprint density at radius 3 is 2.42 bits per heavy atom. The fourth-order valence-electron chi connectivity index (χ4n) is 7.48. The smallest absolute Gasteiger partial charge is 0.00383 e. The van der Waals surface area contributed by atoms with Crippen molar-refractivity contribution in [1.82, 2.24) is 0 Å². The topological polar surface area (TPSA) is 0 Å². The molecular formula is C26H34. The van der Waals surface area contributed by atoms with Gasteiger partial charge in [-0.1, -0.05) is 68.8 Å². The number of rotatable bonds is 1. The maximum atomic E-state index is 2.70. The van der Waals surface area contributed by atoms with Gasteiger partial charge in [-0.3, -0.25) is 0 Å². The van der Waals surface area contributed by atoms with Crippen LogP contribution in [-0.2, 0) is 0 Å². The zero-order valence-corrected chi connectivity index (χ0v) is 16.8. The molecule has 138 valence electrons. The summed E-state index contributed by atoms with van der Waals surface area (Å²) in [6.07, 6.45) is 15.0. The van der Waals surface area contributed by atoms with E-state index in [1.165, 1.54) is 50.5 Å². The Kier molecular flexibility index (Phi) is 3.79. The van der Waals surface area contributed by atoms with Crippen LogP contribution in [0.25, 0.3) is 5.57 Å². The van der Waals surface area contributed by atoms with Crippen LogP contribution in [0.15, 0.2) is 48.1 Å². The highest BCUT2D eigenvalue weighted by Gasteiger charge is 2.56. The normalized spacial score (nSPS) is 44.4. The molecule has 4 aliphatic carbocycles. The van der Waals surface area contributed by atoms with E-state index in [-0.39, 0.29) is 0 Å². The quantitative estimate of drug-likeness (QED) is 0.469. The molecule has 0 bridgehead atoms. The van der Waals surface area contributed by atoms with Gasteiger partial charge in [-0.05, 0) is 90.6 Å². The highest BCUT2D eigenvalue weighted by molar-refractivity contribution is 5.72. The van der Waals surface area contributed by atoms with E-state index < -0.39 is 0 Å². The highest BCUT2D eigenvalue weighted by atomic mass is 14.6. The molecule has 0 spiro atoms. The van der Waals surface area contributed by atoms with E-state index in [2.05, 4.69) is 63.3 Å². The van der Waals surface area contributed by atoms with Gasteiger partial charge in [0.05, 0.1) is 0 Å². The molecule has 26 heavy (non-hydrogen) atoms. The highest BCUT2D eigenvalue weighted by Crippen LogP contribution is 2.66. The predicted molar refractivity (Wildman–Crippen MR) is 111 cm³/mol. The second-order valence-electron chi connectivity index (χ2n) is 10.3. The first kappa shape index (κ1) is 16.8. The predicted octanol–water partition coefficient (Wildman–Crippen LogP) is 7.28. The first-order valence-electron chi connectivity index (χ1n) is 11.0. The molecule has 1 aromatic carbocycles. The molecule has 2 fully saturated rings. The lowest BCUT2D eigenvalue weighted by atomic mass is 9.47. The van der Waals surface area contributed by atoms with Crippen LogP contribution in [0, 0.1) is 34.5 Å². The van der Waals surface area contributed by atoms with Crippen LogP contribution >= 0.6 is 0 Å². The van der Waals surface area contributed by atoms with E-state index in [0.29, 0.717) is 10.8 Å². The monoisotopic (exact) mass is 346 g/mol. The average Bonchev–Trinajstić information content (AvgIpc) is 3.00. The third-order valence-corrected chi connectivity index (χ3v) is 9.02. The van der Waals surface area contributed by atoms with Gasteiger partial charge in [0.2, 0.25) is 0 Å². The van der Waals surface area contributed by atoms with Crippen LogP contribution in [0.1, 0.15) is 71.3 Å². The molecular weight excluding hydrogens is 312 g/mol. The van der Waals surface area contributed by atoms with E-state index in [4.69, 9.17) is 0 Å². The molecule has 0 unspecified atom stereocenters. The molecule has 0 aromatic heterocycles. The van der Waals surface area contributed by atoms with Gasteiger partial charge in [0.15, 0.2) is 0 Å². The van der Waals surface area contributed by atoms with Crippen LogP contribution in [0.4, 0.5) is 0 Å². The molecule has 0 saturated heterocycles. The number of fused-ring (bicyclic) bond motifs is 5. The van der Waals surface area contributed by atoms with Gasteiger partial charge >= 0.3 is 0 Å².